The summed E-state index contributed by atoms with van der Waals surface area (Å²) in [6.07, 6.45) is 13.6. The number of thiocarbonyl (C=S) groups is 1. The molecule has 0 aliphatic carbocycles. The second-order valence-corrected chi connectivity index (χ2v) is 4.99. The molecule has 0 spiro atoms. The zero-order chi connectivity index (χ0) is 12.8. The Hall–Kier alpha value is -0.350. The van der Waals surface area contributed by atoms with Gasteiger partial charge in [-0.1, -0.05) is 64.7 Å². The van der Waals surface area contributed by atoms with Crippen LogP contribution >= 0.6 is 12.2 Å². The lowest BCUT2D eigenvalue weighted by Gasteiger charge is -2.06. The standard InChI is InChI=1S/C13H29N3S/c1-2-3-4-5-6-7-8-9-10-11-12-15-13(17)16-14/h2-12,14H2,1H3,(H2,15,16,17). The van der Waals surface area contributed by atoms with Crippen molar-refractivity contribution in [3.8, 4) is 0 Å². The molecule has 0 rings (SSSR count). The summed E-state index contributed by atoms with van der Waals surface area (Å²) in [4.78, 5) is 0. The fourth-order valence-electron chi connectivity index (χ4n) is 1.87. The van der Waals surface area contributed by atoms with Gasteiger partial charge >= 0.3 is 0 Å². The molecule has 0 amide bonds. The molecule has 0 aromatic heterocycles. The van der Waals surface area contributed by atoms with E-state index >= 15 is 0 Å². The number of hydrogen-bond acceptors (Lipinski definition) is 2. The van der Waals surface area contributed by atoms with Crippen LogP contribution in [0.1, 0.15) is 71.1 Å². The Morgan fingerprint density at radius 3 is 1.82 bits per heavy atom. The highest BCUT2D eigenvalue weighted by Crippen LogP contribution is 2.10. The van der Waals surface area contributed by atoms with Crippen molar-refractivity contribution in [2.75, 3.05) is 6.54 Å². The summed E-state index contributed by atoms with van der Waals surface area (Å²) < 4.78 is 0. The van der Waals surface area contributed by atoms with Crippen molar-refractivity contribution in [3.63, 3.8) is 0 Å². The minimum absolute atomic E-state index is 0.543. The van der Waals surface area contributed by atoms with Gasteiger partial charge < -0.3 is 10.7 Å². The molecule has 0 saturated carbocycles. The van der Waals surface area contributed by atoms with E-state index in [1.54, 1.807) is 0 Å². The molecule has 0 saturated heterocycles. The molecule has 0 radical (unpaired) electrons. The van der Waals surface area contributed by atoms with Gasteiger partial charge in [0.05, 0.1) is 0 Å². The number of unbranched alkanes of at least 4 members (excludes halogenated alkanes) is 9. The van der Waals surface area contributed by atoms with Crippen LogP contribution in [0.25, 0.3) is 0 Å². The zero-order valence-electron chi connectivity index (χ0n) is 11.3. The Bertz CT molecular complexity index is 174. The van der Waals surface area contributed by atoms with Crippen LogP contribution in [-0.2, 0) is 0 Å². The maximum Gasteiger partial charge on any atom is 0.180 e. The van der Waals surface area contributed by atoms with Gasteiger partial charge in [-0.25, -0.2) is 5.84 Å². The minimum Gasteiger partial charge on any atom is -0.362 e. The van der Waals surface area contributed by atoms with E-state index in [1.807, 2.05) is 0 Å². The van der Waals surface area contributed by atoms with E-state index in [-0.39, 0.29) is 0 Å². The van der Waals surface area contributed by atoms with Crippen molar-refractivity contribution in [2.45, 2.75) is 71.1 Å². The molecule has 0 atom stereocenters. The Balaban J connectivity index is 2.96. The van der Waals surface area contributed by atoms with Crippen LogP contribution in [0, 0.1) is 0 Å². The van der Waals surface area contributed by atoms with E-state index in [9.17, 15) is 0 Å². The fourth-order valence-corrected chi connectivity index (χ4v) is 1.97. The van der Waals surface area contributed by atoms with Crippen LogP contribution in [-0.4, -0.2) is 11.7 Å². The Labute approximate surface area is 112 Å². The molecule has 0 aromatic rings. The van der Waals surface area contributed by atoms with Crippen LogP contribution < -0.4 is 16.6 Å². The SMILES string of the molecule is CCCCCCCCCCCCNC(=S)NN. The van der Waals surface area contributed by atoms with Crippen molar-refractivity contribution < 1.29 is 0 Å². The average Bonchev–Trinajstić information content (AvgIpc) is 2.35. The summed E-state index contributed by atoms with van der Waals surface area (Å²) in [5.41, 5.74) is 2.42. The first kappa shape index (κ1) is 16.6. The highest BCUT2D eigenvalue weighted by Gasteiger charge is 1.93. The highest BCUT2D eigenvalue weighted by molar-refractivity contribution is 7.80. The molecule has 0 fully saturated rings. The van der Waals surface area contributed by atoms with Crippen LogP contribution in [0.4, 0.5) is 0 Å². The first-order valence-corrected chi connectivity index (χ1v) is 7.46. The van der Waals surface area contributed by atoms with Crippen LogP contribution in [0.3, 0.4) is 0 Å². The van der Waals surface area contributed by atoms with E-state index < -0.39 is 0 Å². The monoisotopic (exact) mass is 259 g/mol. The fraction of sp³-hybridized carbons (Fsp3) is 0.923. The Kier molecular flexibility index (Phi) is 13.4. The topological polar surface area (TPSA) is 50.1 Å². The van der Waals surface area contributed by atoms with E-state index in [4.69, 9.17) is 18.1 Å². The normalized spacial score (nSPS) is 10.2. The first-order valence-electron chi connectivity index (χ1n) is 7.05. The summed E-state index contributed by atoms with van der Waals surface area (Å²) in [6.45, 7) is 3.19. The lowest BCUT2D eigenvalue weighted by Crippen LogP contribution is -2.39. The third-order valence-electron chi connectivity index (χ3n) is 2.95. The molecule has 0 aromatic carbocycles. The molecule has 102 valence electrons. The summed E-state index contributed by atoms with van der Waals surface area (Å²) in [7, 11) is 0. The molecule has 17 heavy (non-hydrogen) atoms. The van der Waals surface area contributed by atoms with Crippen molar-refractivity contribution in [1.82, 2.24) is 10.7 Å². The Morgan fingerprint density at radius 2 is 1.35 bits per heavy atom. The zero-order valence-corrected chi connectivity index (χ0v) is 12.1. The summed E-state index contributed by atoms with van der Waals surface area (Å²) in [5.74, 6) is 5.15. The van der Waals surface area contributed by atoms with E-state index in [1.165, 1.54) is 64.2 Å². The van der Waals surface area contributed by atoms with E-state index in [0.29, 0.717) is 5.11 Å². The molecule has 3 nitrogen and oxygen atoms in total. The number of rotatable bonds is 11. The van der Waals surface area contributed by atoms with E-state index in [0.717, 1.165) is 6.54 Å². The molecule has 0 bridgehead atoms. The van der Waals surface area contributed by atoms with Gasteiger partial charge in [0.15, 0.2) is 5.11 Å². The third kappa shape index (κ3) is 13.6. The molecular weight excluding hydrogens is 230 g/mol. The summed E-state index contributed by atoms with van der Waals surface area (Å²) >= 11 is 4.88. The second-order valence-electron chi connectivity index (χ2n) is 4.58. The smallest absolute Gasteiger partial charge is 0.180 e. The van der Waals surface area contributed by atoms with Gasteiger partial charge in [0, 0.05) is 6.54 Å². The van der Waals surface area contributed by atoms with Gasteiger partial charge in [0.1, 0.15) is 0 Å². The van der Waals surface area contributed by atoms with Crippen molar-refractivity contribution in [3.05, 3.63) is 0 Å². The molecular formula is C13H29N3S. The number of nitrogens with two attached hydrogens (primary N) is 1. The van der Waals surface area contributed by atoms with Gasteiger partial charge in [0.2, 0.25) is 0 Å². The third-order valence-corrected chi connectivity index (χ3v) is 3.21. The first-order chi connectivity index (χ1) is 8.31. The summed E-state index contributed by atoms with van der Waals surface area (Å²) in [5, 5.41) is 3.60. The maximum atomic E-state index is 5.15. The predicted molar refractivity (Wildman–Crippen MR) is 79.8 cm³/mol. The largest absolute Gasteiger partial charge is 0.362 e. The second kappa shape index (κ2) is 13.7. The number of nitrogens with one attached hydrogen (secondary N) is 2. The van der Waals surface area contributed by atoms with Gasteiger partial charge in [-0.05, 0) is 18.6 Å². The van der Waals surface area contributed by atoms with Gasteiger partial charge in [-0.2, -0.15) is 0 Å². The maximum absolute atomic E-state index is 5.15. The quantitative estimate of drug-likeness (QED) is 0.231. The van der Waals surface area contributed by atoms with Crippen molar-refractivity contribution in [1.29, 1.82) is 0 Å². The molecule has 0 aliphatic rings. The average molecular weight is 259 g/mol. The lowest BCUT2D eigenvalue weighted by atomic mass is 10.1. The van der Waals surface area contributed by atoms with Gasteiger partial charge in [-0.3, -0.25) is 0 Å². The molecule has 4 heteroatoms. The van der Waals surface area contributed by atoms with Crippen LogP contribution in [0.2, 0.25) is 0 Å². The predicted octanol–water partition coefficient (Wildman–Crippen LogP) is 3.25. The van der Waals surface area contributed by atoms with Crippen molar-refractivity contribution in [2.24, 2.45) is 5.84 Å². The van der Waals surface area contributed by atoms with E-state index in [2.05, 4.69) is 17.7 Å². The molecule has 4 N–H and O–H groups in total. The lowest BCUT2D eigenvalue weighted by molar-refractivity contribution is 0.554. The number of hydrogen-bond donors (Lipinski definition) is 3. The van der Waals surface area contributed by atoms with Crippen LogP contribution in [0.15, 0.2) is 0 Å². The number of hydrazine groups is 1. The summed E-state index contributed by atoms with van der Waals surface area (Å²) in [6, 6.07) is 0. The van der Waals surface area contributed by atoms with Crippen LogP contribution in [0.5, 0.6) is 0 Å². The molecule has 0 aliphatic heterocycles. The van der Waals surface area contributed by atoms with Crippen molar-refractivity contribution >= 4 is 17.3 Å². The van der Waals surface area contributed by atoms with Gasteiger partial charge in [0.25, 0.3) is 0 Å². The molecule has 0 heterocycles. The Morgan fingerprint density at radius 1 is 0.882 bits per heavy atom. The highest BCUT2D eigenvalue weighted by atomic mass is 32.1. The van der Waals surface area contributed by atoms with Gasteiger partial charge in [-0.15, -0.1) is 0 Å². The minimum atomic E-state index is 0.543. The molecule has 0 unspecified atom stereocenters.